The van der Waals surface area contributed by atoms with Gasteiger partial charge in [-0.3, -0.25) is 4.68 Å². The highest BCUT2D eigenvalue weighted by Gasteiger charge is 2.37. The summed E-state index contributed by atoms with van der Waals surface area (Å²) in [5, 5.41) is 4.30. The molecule has 2 aromatic rings. The molecule has 0 bridgehead atoms. The van der Waals surface area contributed by atoms with E-state index in [2.05, 4.69) is 5.10 Å². The van der Waals surface area contributed by atoms with Crippen molar-refractivity contribution in [3.05, 3.63) is 47.7 Å². The van der Waals surface area contributed by atoms with Crippen LogP contribution in [0.5, 0.6) is 0 Å². The number of ether oxygens (including phenoxy) is 1. The molecule has 1 saturated heterocycles. The van der Waals surface area contributed by atoms with Crippen LogP contribution in [0.2, 0.25) is 0 Å². The fraction of sp³-hybridized carbons (Fsp3) is 0.400. The summed E-state index contributed by atoms with van der Waals surface area (Å²) in [6.45, 7) is 2.87. The fourth-order valence-corrected chi connectivity index (χ4v) is 4.73. The van der Waals surface area contributed by atoms with Crippen molar-refractivity contribution in [1.29, 1.82) is 0 Å². The van der Waals surface area contributed by atoms with Crippen molar-refractivity contribution in [3.63, 3.8) is 0 Å². The average Bonchev–Trinajstić information content (AvgIpc) is 2.88. The summed E-state index contributed by atoms with van der Waals surface area (Å²) in [7, 11) is -1.97. The summed E-state index contributed by atoms with van der Waals surface area (Å²) in [5.41, 5.74) is 1.59. The van der Waals surface area contributed by atoms with E-state index in [1.807, 2.05) is 30.3 Å². The molecule has 1 fully saturated rings. The summed E-state index contributed by atoms with van der Waals surface area (Å²) >= 11 is 0. The Hall–Kier alpha value is -1.70. The smallest absolute Gasteiger partial charge is 0.261 e. The second-order valence-corrected chi connectivity index (χ2v) is 7.18. The Labute approximate surface area is 130 Å². The molecule has 1 atom stereocenters. The zero-order valence-corrected chi connectivity index (χ0v) is 13.5. The number of nitrogens with zero attached hydrogens (tertiary/aromatic N) is 3. The topological polar surface area (TPSA) is 64.4 Å². The van der Waals surface area contributed by atoms with Gasteiger partial charge in [0.25, 0.3) is 10.0 Å². The van der Waals surface area contributed by atoms with Gasteiger partial charge in [0.2, 0.25) is 0 Å². The normalized spacial score (nSPS) is 20.2. The highest BCUT2D eigenvalue weighted by molar-refractivity contribution is 7.89. The maximum atomic E-state index is 13.1. The quantitative estimate of drug-likeness (QED) is 0.859. The molecule has 7 heteroatoms. The van der Waals surface area contributed by atoms with Crippen LogP contribution >= 0.6 is 0 Å². The standard InChI is InChI=1S/C15H19N3O3S/c1-12-10-16-17(2)15(12)22(19,20)18-8-9-21-11-14(18)13-6-4-3-5-7-13/h3-7,10,14H,8-9,11H2,1-2H3. The summed E-state index contributed by atoms with van der Waals surface area (Å²) < 4.78 is 34.6. The van der Waals surface area contributed by atoms with Crippen LogP contribution in [-0.2, 0) is 21.8 Å². The van der Waals surface area contributed by atoms with Crippen molar-refractivity contribution in [2.24, 2.45) is 7.05 Å². The van der Waals surface area contributed by atoms with Crippen LogP contribution in [-0.4, -0.2) is 42.3 Å². The molecule has 6 nitrogen and oxygen atoms in total. The molecular formula is C15H19N3O3S. The minimum absolute atomic E-state index is 0.246. The van der Waals surface area contributed by atoms with Crippen molar-refractivity contribution < 1.29 is 13.2 Å². The molecule has 0 N–H and O–H groups in total. The highest BCUT2D eigenvalue weighted by atomic mass is 32.2. The van der Waals surface area contributed by atoms with E-state index in [9.17, 15) is 8.42 Å². The third-order valence-electron chi connectivity index (χ3n) is 3.87. The van der Waals surface area contributed by atoms with Crippen molar-refractivity contribution in [2.75, 3.05) is 19.8 Å². The molecular weight excluding hydrogens is 302 g/mol. The van der Waals surface area contributed by atoms with Crippen LogP contribution in [0.25, 0.3) is 0 Å². The molecule has 0 amide bonds. The van der Waals surface area contributed by atoms with E-state index in [0.29, 0.717) is 25.3 Å². The van der Waals surface area contributed by atoms with Crippen LogP contribution in [0.1, 0.15) is 17.2 Å². The molecule has 2 heterocycles. The van der Waals surface area contributed by atoms with Crippen LogP contribution in [0, 0.1) is 6.92 Å². The number of rotatable bonds is 3. The zero-order chi connectivity index (χ0) is 15.7. The first-order valence-electron chi connectivity index (χ1n) is 7.15. The first-order chi connectivity index (χ1) is 10.5. The molecule has 3 rings (SSSR count). The van der Waals surface area contributed by atoms with E-state index in [4.69, 9.17) is 4.74 Å². The number of aromatic nitrogens is 2. The Balaban J connectivity index is 2.04. The van der Waals surface area contributed by atoms with Crippen LogP contribution < -0.4 is 0 Å². The molecule has 1 aromatic carbocycles. The maximum Gasteiger partial charge on any atom is 0.261 e. The Kier molecular flexibility index (Phi) is 4.03. The second-order valence-electron chi connectivity index (χ2n) is 5.37. The molecule has 22 heavy (non-hydrogen) atoms. The first-order valence-corrected chi connectivity index (χ1v) is 8.59. The van der Waals surface area contributed by atoms with E-state index in [-0.39, 0.29) is 11.1 Å². The number of hydrogen-bond donors (Lipinski definition) is 0. The minimum Gasteiger partial charge on any atom is -0.378 e. The number of aryl methyl sites for hydroxylation is 2. The van der Waals surface area contributed by atoms with E-state index in [0.717, 1.165) is 5.56 Å². The number of morpholine rings is 1. The van der Waals surface area contributed by atoms with Crippen molar-refractivity contribution >= 4 is 10.0 Å². The van der Waals surface area contributed by atoms with Crippen LogP contribution in [0.4, 0.5) is 0 Å². The monoisotopic (exact) mass is 321 g/mol. The first kappa shape index (κ1) is 15.2. The van der Waals surface area contributed by atoms with Crippen molar-refractivity contribution in [1.82, 2.24) is 14.1 Å². The molecule has 1 unspecified atom stereocenters. The maximum absolute atomic E-state index is 13.1. The predicted octanol–water partition coefficient (Wildman–Crippen LogP) is 1.49. The number of benzene rings is 1. The second kappa shape index (κ2) is 5.83. The van der Waals surface area contributed by atoms with Gasteiger partial charge in [0.05, 0.1) is 25.5 Å². The summed E-state index contributed by atoms with van der Waals surface area (Å²) in [6, 6.07) is 9.27. The fourth-order valence-electron chi connectivity index (χ4n) is 2.83. The molecule has 0 radical (unpaired) electrons. The molecule has 1 aliphatic rings. The SMILES string of the molecule is Cc1cnn(C)c1S(=O)(=O)N1CCOCC1c1ccccc1. The predicted molar refractivity (Wildman–Crippen MR) is 81.8 cm³/mol. The van der Waals surface area contributed by atoms with Gasteiger partial charge >= 0.3 is 0 Å². The molecule has 1 aliphatic heterocycles. The van der Waals surface area contributed by atoms with E-state index in [1.165, 1.54) is 8.99 Å². The third-order valence-corrected chi connectivity index (χ3v) is 6.00. The molecule has 0 spiro atoms. The largest absolute Gasteiger partial charge is 0.378 e. The van der Waals surface area contributed by atoms with E-state index in [1.54, 1.807) is 20.2 Å². The highest BCUT2D eigenvalue weighted by Crippen LogP contribution is 2.31. The Morgan fingerprint density at radius 1 is 1.27 bits per heavy atom. The van der Waals surface area contributed by atoms with Gasteiger partial charge in [0.1, 0.15) is 0 Å². The molecule has 1 aromatic heterocycles. The van der Waals surface area contributed by atoms with Gasteiger partial charge in [0.15, 0.2) is 5.03 Å². The average molecular weight is 321 g/mol. The minimum atomic E-state index is -3.62. The lowest BCUT2D eigenvalue weighted by molar-refractivity contribution is 0.0318. The Morgan fingerprint density at radius 2 is 2.00 bits per heavy atom. The number of hydrogen-bond acceptors (Lipinski definition) is 4. The summed E-state index contributed by atoms with van der Waals surface area (Å²) in [6.07, 6.45) is 1.57. The Morgan fingerprint density at radius 3 is 2.64 bits per heavy atom. The van der Waals surface area contributed by atoms with E-state index >= 15 is 0 Å². The third kappa shape index (κ3) is 2.55. The van der Waals surface area contributed by atoms with Crippen LogP contribution in [0.15, 0.2) is 41.6 Å². The molecule has 0 saturated carbocycles. The van der Waals surface area contributed by atoms with Gasteiger partial charge in [-0.25, -0.2) is 8.42 Å². The Bertz CT molecular complexity index is 736. The summed E-state index contributed by atoms with van der Waals surface area (Å²) in [4.78, 5) is 0. The molecule has 0 aliphatic carbocycles. The zero-order valence-electron chi connectivity index (χ0n) is 12.6. The molecule has 118 valence electrons. The van der Waals surface area contributed by atoms with Gasteiger partial charge in [0, 0.05) is 19.2 Å². The van der Waals surface area contributed by atoms with Gasteiger partial charge in [-0.15, -0.1) is 0 Å². The van der Waals surface area contributed by atoms with Gasteiger partial charge in [-0.2, -0.15) is 9.40 Å². The lowest BCUT2D eigenvalue weighted by Crippen LogP contribution is -2.44. The van der Waals surface area contributed by atoms with E-state index < -0.39 is 10.0 Å². The lowest BCUT2D eigenvalue weighted by atomic mass is 10.1. The number of sulfonamides is 1. The van der Waals surface area contributed by atoms with Gasteiger partial charge in [-0.05, 0) is 12.5 Å². The lowest BCUT2D eigenvalue weighted by Gasteiger charge is -2.34. The van der Waals surface area contributed by atoms with Gasteiger partial charge in [-0.1, -0.05) is 30.3 Å². The van der Waals surface area contributed by atoms with Gasteiger partial charge < -0.3 is 4.74 Å². The van der Waals surface area contributed by atoms with Crippen LogP contribution in [0.3, 0.4) is 0 Å². The van der Waals surface area contributed by atoms with Crippen molar-refractivity contribution in [3.8, 4) is 0 Å². The van der Waals surface area contributed by atoms with Crippen molar-refractivity contribution in [2.45, 2.75) is 18.0 Å². The summed E-state index contributed by atoms with van der Waals surface area (Å²) in [5.74, 6) is 0.